The van der Waals surface area contributed by atoms with E-state index in [1.54, 1.807) is 7.05 Å². The van der Waals surface area contributed by atoms with Crippen molar-refractivity contribution >= 4 is 16.0 Å². The second-order valence-electron chi connectivity index (χ2n) is 5.25. The molecule has 1 N–H and O–H groups in total. The third-order valence-corrected chi connectivity index (χ3v) is 5.66. The Bertz CT molecular complexity index is 607. The van der Waals surface area contributed by atoms with Crippen LogP contribution in [0.5, 0.6) is 0 Å². The molecule has 1 aliphatic heterocycles. The number of sulfonamides is 1. The molecule has 1 aliphatic rings. The molecule has 0 saturated carbocycles. The van der Waals surface area contributed by atoms with Crippen LogP contribution in [0.2, 0.25) is 0 Å². The van der Waals surface area contributed by atoms with Crippen molar-refractivity contribution in [3.63, 3.8) is 0 Å². The van der Waals surface area contributed by atoms with Crippen molar-refractivity contribution in [1.82, 2.24) is 14.2 Å². The van der Waals surface area contributed by atoms with Crippen LogP contribution in [0, 0.1) is 0 Å². The standard InChI is InChI=1S/C13H19N3O4S/c1-15-7-5-11(6-8-15)16(2)21(19,20)12-4-3-10(9-14-12)13(17)18/h3-4,9,11H,5-8H2,1-2H3,(H,17,18). The van der Waals surface area contributed by atoms with Gasteiger partial charge >= 0.3 is 5.97 Å². The number of piperidine rings is 1. The zero-order chi connectivity index (χ0) is 15.6. The van der Waals surface area contributed by atoms with Gasteiger partial charge < -0.3 is 10.0 Å². The molecule has 0 spiro atoms. The lowest BCUT2D eigenvalue weighted by Crippen LogP contribution is -2.44. The molecule has 0 atom stereocenters. The summed E-state index contributed by atoms with van der Waals surface area (Å²) in [7, 11) is -0.123. The summed E-state index contributed by atoms with van der Waals surface area (Å²) in [6.45, 7) is 1.71. The Kier molecular flexibility index (Phi) is 4.60. The van der Waals surface area contributed by atoms with E-state index in [2.05, 4.69) is 9.88 Å². The number of nitrogens with zero attached hydrogens (tertiary/aromatic N) is 3. The largest absolute Gasteiger partial charge is 0.478 e. The van der Waals surface area contributed by atoms with Crippen molar-refractivity contribution in [3.8, 4) is 0 Å². The van der Waals surface area contributed by atoms with Gasteiger partial charge in [0.2, 0.25) is 0 Å². The summed E-state index contributed by atoms with van der Waals surface area (Å²) in [6, 6.07) is 2.45. The van der Waals surface area contributed by atoms with E-state index in [1.807, 2.05) is 7.05 Å². The molecule has 0 bridgehead atoms. The van der Waals surface area contributed by atoms with E-state index in [1.165, 1.54) is 16.4 Å². The van der Waals surface area contributed by atoms with Crippen LogP contribution in [0.15, 0.2) is 23.4 Å². The second kappa shape index (κ2) is 6.08. The maximum atomic E-state index is 12.5. The Morgan fingerprint density at radius 1 is 1.38 bits per heavy atom. The molecule has 116 valence electrons. The fourth-order valence-corrected chi connectivity index (χ4v) is 3.69. The Labute approximate surface area is 124 Å². The number of aromatic nitrogens is 1. The molecule has 0 aromatic carbocycles. The number of pyridine rings is 1. The quantitative estimate of drug-likeness (QED) is 0.870. The molecule has 1 fully saturated rings. The Balaban J connectivity index is 2.18. The molecule has 0 amide bonds. The van der Waals surface area contributed by atoms with Gasteiger partial charge in [-0.25, -0.2) is 18.2 Å². The lowest BCUT2D eigenvalue weighted by atomic mass is 10.1. The zero-order valence-electron chi connectivity index (χ0n) is 12.1. The van der Waals surface area contributed by atoms with Crippen molar-refractivity contribution in [2.45, 2.75) is 23.9 Å². The Hall–Kier alpha value is -1.51. The van der Waals surface area contributed by atoms with Crippen LogP contribution in [0.4, 0.5) is 0 Å². The van der Waals surface area contributed by atoms with E-state index in [0.717, 1.165) is 32.1 Å². The maximum absolute atomic E-state index is 12.5. The molecule has 0 radical (unpaired) electrons. The number of likely N-dealkylation sites (tertiary alicyclic amines) is 1. The van der Waals surface area contributed by atoms with Crippen LogP contribution >= 0.6 is 0 Å². The number of hydrogen-bond acceptors (Lipinski definition) is 5. The van der Waals surface area contributed by atoms with Gasteiger partial charge in [-0.05, 0) is 45.1 Å². The van der Waals surface area contributed by atoms with E-state index in [9.17, 15) is 13.2 Å². The summed E-state index contributed by atoms with van der Waals surface area (Å²) < 4.78 is 26.3. The van der Waals surface area contributed by atoms with Crippen molar-refractivity contribution in [3.05, 3.63) is 23.9 Å². The summed E-state index contributed by atoms with van der Waals surface area (Å²) in [5.74, 6) is -1.13. The van der Waals surface area contributed by atoms with Crippen molar-refractivity contribution in [2.75, 3.05) is 27.2 Å². The maximum Gasteiger partial charge on any atom is 0.337 e. The van der Waals surface area contributed by atoms with Crippen LogP contribution < -0.4 is 0 Å². The topological polar surface area (TPSA) is 90.8 Å². The van der Waals surface area contributed by atoms with Gasteiger partial charge in [0.25, 0.3) is 10.0 Å². The highest BCUT2D eigenvalue weighted by molar-refractivity contribution is 7.89. The first kappa shape index (κ1) is 15.9. The zero-order valence-corrected chi connectivity index (χ0v) is 12.9. The van der Waals surface area contributed by atoms with Gasteiger partial charge in [-0.15, -0.1) is 0 Å². The number of aromatic carboxylic acids is 1. The first-order valence-electron chi connectivity index (χ1n) is 6.68. The van der Waals surface area contributed by atoms with Crippen molar-refractivity contribution in [1.29, 1.82) is 0 Å². The molecule has 21 heavy (non-hydrogen) atoms. The van der Waals surface area contributed by atoms with E-state index >= 15 is 0 Å². The van der Waals surface area contributed by atoms with Crippen LogP contribution in [0.1, 0.15) is 23.2 Å². The monoisotopic (exact) mass is 313 g/mol. The molecule has 1 aromatic heterocycles. The summed E-state index contributed by atoms with van der Waals surface area (Å²) in [4.78, 5) is 16.7. The fraction of sp³-hybridized carbons (Fsp3) is 0.538. The SMILES string of the molecule is CN1CCC(N(C)S(=O)(=O)c2ccc(C(=O)O)cn2)CC1. The molecule has 8 heteroatoms. The molecule has 1 saturated heterocycles. The average Bonchev–Trinajstić information content (AvgIpc) is 2.47. The van der Waals surface area contributed by atoms with Gasteiger partial charge in [0.15, 0.2) is 5.03 Å². The van der Waals surface area contributed by atoms with Crippen molar-refractivity contribution in [2.24, 2.45) is 0 Å². The highest BCUT2D eigenvalue weighted by Gasteiger charge is 2.31. The van der Waals surface area contributed by atoms with Gasteiger partial charge in [-0.2, -0.15) is 4.31 Å². The number of carboxylic acids is 1. The predicted octanol–water partition coefficient (Wildman–Crippen LogP) is 0.494. The number of carboxylic acid groups (broad SMARTS) is 1. The second-order valence-corrected chi connectivity index (χ2v) is 7.19. The van der Waals surface area contributed by atoms with Gasteiger partial charge in [0, 0.05) is 19.3 Å². The molecule has 0 unspecified atom stereocenters. The van der Waals surface area contributed by atoms with Gasteiger partial charge in [0.05, 0.1) is 5.56 Å². The Morgan fingerprint density at radius 2 is 2.00 bits per heavy atom. The normalized spacial score (nSPS) is 18.0. The van der Waals surface area contributed by atoms with Crippen LogP contribution in [-0.2, 0) is 10.0 Å². The number of carbonyl (C=O) groups is 1. The first-order valence-corrected chi connectivity index (χ1v) is 8.12. The average molecular weight is 313 g/mol. The molecule has 2 rings (SSSR count). The minimum atomic E-state index is -3.69. The predicted molar refractivity (Wildman–Crippen MR) is 76.7 cm³/mol. The number of hydrogen-bond donors (Lipinski definition) is 1. The van der Waals surface area contributed by atoms with Crippen LogP contribution in [-0.4, -0.2) is 66.9 Å². The summed E-state index contributed by atoms with van der Waals surface area (Å²) >= 11 is 0. The highest BCUT2D eigenvalue weighted by atomic mass is 32.2. The third-order valence-electron chi connectivity index (χ3n) is 3.83. The summed E-state index contributed by atoms with van der Waals surface area (Å²) in [5, 5.41) is 8.70. The van der Waals surface area contributed by atoms with E-state index in [0.29, 0.717) is 0 Å². The van der Waals surface area contributed by atoms with E-state index in [-0.39, 0.29) is 16.6 Å². The van der Waals surface area contributed by atoms with E-state index < -0.39 is 16.0 Å². The molecule has 2 heterocycles. The molecule has 1 aromatic rings. The lowest BCUT2D eigenvalue weighted by molar-refractivity contribution is 0.0696. The molecular weight excluding hydrogens is 294 g/mol. The smallest absolute Gasteiger partial charge is 0.337 e. The Morgan fingerprint density at radius 3 is 2.48 bits per heavy atom. The molecular formula is C13H19N3O4S. The molecule has 0 aliphatic carbocycles. The minimum absolute atomic E-state index is 0.0316. The minimum Gasteiger partial charge on any atom is -0.478 e. The van der Waals surface area contributed by atoms with Gasteiger partial charge in [-0.1, -0.05) is 0 Å². The highest BCUT2D eigenvalue weighted by Crippen LogP contribution is 2.21. The summed E-state index contributed by atoms with van der Waals surface area (Å²) in [6.07, 6.45) is 2.62. The van der Waals surface area contributed by atoms with Crippen LogP contribution in [0.3, 0.4) is 0 Å². The van der Waals surface area contributed by atoms with Gasteiger partial charge in [-0.3, -0.25) is 0 Å². The van der Waals surface area contributed by atoms with Crippen molar-refractivity contribution < 1.29 is 18.3 Å². The van der Waals surface area contributed by atoms with Crippen LogP contribution in [0.25, 0.3) is 0 Å². The van der Waals surface area contributed by atoms with E-state index in [4.69, 9.17) is 5.11 Å². The lowest BCUT2D eigenvalue weighted by Gasteiger charge is -2.34. The van der Waals surface area contributed by atoms with Gasteiger partial charge in [0.1, 0.15) is 0 Å². The first-order chi connectivity index (χ1) is 9.82. The third kappa shape index (κ3) is 3.39. The number of rotatable bonds is 4. The fourth-order valence-electron chi connectivity index (χ4n) is 2.36. The molecule has 7 nitrogen and oxygen atoms in total. The summed E-state index contributed by atoms with van der Waals surface area (Å²) in [5.41, 5.74) is -0.0316.